The molecule has 0 saturated heterocycles. The Labute approximate surface area is 121 Å². The number of fused-ring (bicyclic) bond motifs is 1. The first kappa shape index (κ1) is 14.8. The van der Waals surface area contributed by atoms with E-state index in [1.54, 1.807) is 24.3 Å². The Hall–Kier alpha value is -2.57. The number of nitrogens with zero attached hydrogens (tertiary/aromatic N) is 2. The molecular formula is C14H16N2O5. The molecule has 0 aliphatic carbocycles. The largest absolute Gasteiger partial charge is 0.482 e. The molecule has 1 aromatic carbocycles. The summed E-state index contributed by atoms with van der Waals surface area (Å²) in [6.45, 7) is 1.06. The highest BCUT2D eigenvalue weighted by atomic mass is 16.5. The van der Waals surface area contributed by atoms with Crippen LogP contribution in [0.15, 0.2) is 24.3 Å². The van der Waals surface area contributed by atoms with Crippen LogP contribution in [0.3, 0.4) is 0 Å². The molecule has 1 aromatic rings. The van der Waals surface area contributed by atoms with Gasteiger partial charge in [0.2, 0.25) is 5.91 Å². The minimum absolute atomic E-state index is 0.136. The number of para-hydroxylation sites is 2. The van der Waals surface area contributed by atoms with E-state index < -0.39 is 17.9 Å². The molecule has 0 spiro atoms. The minimum atomic E-state index is -1.10. The molecule has 0 bridgehead atoms. The van der Waals surface area contributed by atoms with Gasteiger partial charge in [-0.3, -0.25) is 14.5 Å². The molecule has 0 radical (unpaired) electrons. The third-order valence-corrected chi connectivity index (χ3v) is 3.43. The molecule has 7 heteroatoms. The molecule has 1 N–H and O–H groups in total. The van der Waals surface area contributed by atoms with Crippen LogP contribution in [-0.4, -0.2) is 54.0 Å². The molecule has 1 aliphatic rings. The summed E-state index contributed by atoms with van der Waals surface area (Å²) in [4.78, 5) is 37.4. The van der Waals surface area contributed by atoms with Crippen LogP contribution in [-0.2, 0) is 14.4 Å². The molecule has 2 rings (SSSR count). The lowest BCUT2D eigenvalue weighted by atomic mass is 10.2. The number of carboxylic acids is 1. The lowest BCUT2D eigenvalue weighted by Crippen LogP contribution is -2.49. The van der Waals surface area contributed by atoms with Crippen LogP contribution in [0.2, 0.25) is 0 Å². The van der Waals surface area contributed by atoms with Crippen LogP contribution in [0, 0.1) is 0 Å². The zero-order valence-electron chi connectivity index (χ0n) is 11.8. The lowest BCUT2D eigenvalue weighted by Gasteiger charge is -2.31. The predicted molar refractivity (Wildman–Crippen MR) is 74.2 cm³/mol. The van der Waals surface area contributed by atoms with Crippen molar-refractivity contribution in [1.82, 2.24) is 4.90 Å². The van der Waals surface area contributed by atoms with E-state index >= 15 is 0 Å². The topological polar surface area (TPSA) is 87.2 Å². The van der Waals surface area contributed by atoms with E-state index in [1.165, 1.54) is 18.9 Å². The van der Waals surface area contributed by atoms with E-state index in [2.05, 4.69) is 0 Å². The molecular weight excluding hydrogens is 276 g/mol. The Kier molecular flexibility index (Phi) is 4.11. The fourth-order valence-electron chi connectivity index (χ4n) is 1.96. The van der Waals surface area contributed by atoms with Gasteiger partial charge in [-0.1, -0.05) is 12.1 Å². The van der Waals surface area contributed by atoms with E-state index in [-0.39, 0.29) is 19.1 Å². The molecule has 0 fully saturated rings. The molecule has 0 saturated carbocycles. The van der Waals surface area contributed by atoms with Crippen LogP contribution < -0.4 is 9.64 Å². The number of carboxylic acid groups (broad SMARTS) is 1. The molecule has 0 aromatic heterocycles. The summed E-state index contributed by atoms with van der Waals surface area (Å²) in [5.41, 5.74) is 0.512. The smallest absolute Gasteiger partial charge is 0.326 e. The standard InChI is InChI=1S/C14H16N2O5/c1-9(14(19)20)15(2)12(17)7-16-10-5-3-4-6-11(10)21-8-13(16)18/h3-6,9H,7-8H2,1-2H3,(H,19,20). The highest BCUT2D eigenvalue weighted by Crippen LogP contribution is 2.31. The maximum Gasteiger partial charge on any atom is 0.326 e. The second-order valence-corrected chi connectivity index (χ2v) is 4.76. The van der Waals surface area contributed by atoms with E-state index in [0.29, 0.717) is 11.4 Å². The average molecular weight is 292 g/mol. The van der Waals surface area contributed by atoms with E-state index in [0.717, 1.165) is 4.90 Å². The van der Waals surface area contributed by atoms with Crippen LogP contribution in [0.4, 0.5) is 5.69 Å². The third-order valence-electron chi connectivity index (χ3n) is 3.43. The first-order chi connectivity index (χ1) is 9.91. The summed E-state index contributed by atoms with van der Waals surface area (Å²) >= 11 is 0. The first-order valence-electron chi connectivity index (χ1n) is 6.42. The Balaban J connectivity index is 2.17. The number of rotatable bonds is 4. The Morgan fingerprint density at radius 2 is 2.10 bits per heavy atom. The maximum absolute atomic E-state index is 12.1. The van der Waals surface area contributed by atoms with Gasteiger partial charge in [-0.15, -0.1) is 0 Å². The Morgan fingerprint density at radius 3 is 2.76 bits per heavy atom. The monoisotopic (exact) mass is 292 g/mol. The van der Waals surface area contributed by atoms with Crippen molar-refractivity contribution < 1.29 is 24.2 Å². The Bertz CT molecular complexity index is 586. The summed E-state index contributed by atoms with van der Waals surface area (Å²) in [7, 11) is 1.40. The second-order valence-electron chi connectivity index (χ2n) is 4.76. The van der Waals surface area contributed by atoms with Crippen LogP contribution >= 0.6 is 0 Å². The van der Waals surface area contributed by atoms with Gasteiger partial charge < -0.3 is 14.7 Å². The van der Waals surface area contributed by atoms with Crippen molar-refractivity contribution in [3.05, 3.63) is 24.3 Å². The van der Waals surface area contributed by atoms with Crippen molar-refractivity contribution in [3.8, 4) is 5.75 Å². The molecule has 1 aliphatic heterocycles. The molecule has 7 nitrogen and oxygen atoms in total. The quantitative estimate of drug-likeness (QED) is 0.865. The number of carbonyl (C=O) groups is 3. The molecule has 112 valence electrons. The zero-order chi connectivity index (χ0) is 15.6. The van der Waals surface area contributed by atoms with Gasteiger partial charge >= 0.3 is 5.97 Å². The number of hydrogen-bond acceptors (Lipinski definition) is 4. The number of aliphatic carboxylic acids is 1. The summed E-state index contributed by atoms with van der Waals surface area (Å²) in [6, 6.07) is 5.95. The van der Waals surface area contributed by atoms with E-state index in [9.17, 15) is 14.4 Å². The van der Waals surface area contributed by atoms with Crippen LogP contribution in [0.25, 0.3) is 0 Å². The molecule has 1 atom stereocenters. The van der Waals surface area contributed by atoms with Gasteiger partial charge in [0, 0.05) is 7.05 Å². The Morgan fingerprint density at radius 1 is 1.43 bits per heavy atom. The van der Waals surface area contributed by atoms with Crippen LogP contribution in [0.5, 0.6) is 5.75 Å². The van der Waals surface area contributed by atoms with Crippen molar-refractivity contribution in [2.45, 2.75) is 13.0 Å². The SMILES string of the molecule is CC(C(=O)O)N(C)C(=O)CN1C(=O)COc2ccccc21. The summed E-state index contributed by atoms with van der Waals surface area (Å²) in [5, 5.41) is 8.92. The van der Waals surface area contributed by atoms with Crippen molar-refractivity contribution in [2.24, 2.45) is 0 Å². The van der Waals surface area contributed by atoms with Crippen molar-refractivity contribution >= 4 is 23.5 Å². The first-order valence-corrected chi connectivity index (χ1v) is 6.42. The van der Waals surface area contributed by atoms with Crippen molar-refractivity contribution in [3.63, 3.8) is 0 Å². The number of hydrogen-bond donors (Lipinski definition) is 1. The second kappa shape index (κ2) is 5.82. The van der Waals surface area contributed by atoms with Gasteiger partial charge in [-0.25, -0.2) is 4.79 Å². The van der Waals surface area contributed by atoms with E-state index in [1.807, 2.05) is 0 Å². The van der Waals surface area contributed by atoms with Gasteiger partial charge in [0.05, 0.1) is 5.69 Å². The highest BCUT2D eigenvalue weighted by molar-refractivity contribution is 6.02. The molecule has 2 amide bonds. The number of carbonyl (C=O) groups excluding carboxylic acids is 2. The summed E-state index contributed by atoms with van der Waals surface area (Å²) in [6.07, 6.45) is 0. The van der Waals surface area contributed by atoms with Gasteiger partial charge in [0.15, 0.2) is 6.61 Å². The van der Waals surface area contributed by atoms with Gasteiger partial charge in [-0.05, 0) is 19.1 Å². The average Bonchev–Trinajstić information content (AvgIpc) is 2.48. The van der Waals surface area contributed by atoms with Crippen LogP contribution in [0.1, 0.15) is 6.92 Å². The molecule has 1 heterocycles. The van der Waals surface area contributed by atoms with Gasteiger partial charge in [0.25, 0.3) is 5.91 Å². The van der Waals surface area contributed by atoms with E-state index in [4.69, 9.17) is 9.84 Å². The molecule has 21 heavy (non-hydrogen) atoms. The zero-order valence-corrected chi connectivity index (χ0v) is 11.8. The van der Waals surface area contributed by atoms with Crippen molar-refractivity contribution in [2.75, 3.05) is 25.1 Å². The fraction of sp³-hybridized carbons (Fsp3) is 0.357. The number of amides is 2. The summed E-state index contributed by atoms with van der Waals surface area (Å²) in [5.74, 6) is -1.35. The lowest BCUT2D eigenvalue weighted by molar-refractivity contribution is -0.147. The van der Waals surface area contributed by atoms with Gasteiger partial charge in [-0.2, -0.15) is 0 Å². The van der Waals surface area contributed by atoms with Gasteiger partial charge in [0.1, 0.15) is 18.3 Å². The predicted octanol–water partition coefficient (Wildman–Crippen LogP) is 0.344. The number of likely N-dealkylation sites (N-methyl/N-ethyl adjacent to an activating group) is 1. The number of anilines is 1. The third kappa shape index (κ3) is 2.96. The normalized spacial score (nSPS) is 15.0. The number of benzene rings is 1. The minimum Gasteiger partial charge on any atom is -0.482 e. The van der Waals surface area contributed by atoms with Crippen molar-refractivity contribution in [1.29, 1.82) is 0 Å². The highest BCUT2D eigenvalue weighted by Gasteiger charge is 2.30. The molecule has 1 unspecified atom stereocenters. The maximum atomic E-state index is 12.1. The fourth-order valence-corrected chi connectivity index (χ4v) is 1.96. The number of ether oxygens (including phenoxy) is 1. The summed E-state index contributed by atoms with van der Waals surface area (Å²) < 4.78 is 5.28.